The van der Waals surface area contributed by atoms with Crippen molar-refractivity contribution < 1.29 is 14.3 Å². The number of anilines is 1. The van der Waals surface area contributed by atoms with Crippen LogP contribution < -0.4 is 4.90 Å². The lowest BCUT2D eigenvalue weighted by atomic mass is 9.78. The van der Waals surface area contributed by atoms with Gasteiger partial charge in [0.25, 0.3) is 0 Å². The van der Waals surface area contributed by atoms with Crippen molar-refractivity contribution in [3.8, 4) is 0 Å². The van der Waals surface area contributed by atoms with E-state index in [-0.39, 0.29) is 5.56 Å². The molecular formula is C16H20FNO2. The first-order chi connectivity index (χ1) is 9.66. The van der Waals surface area contributed by atoms with Crippen LogP contribution in [0.4, 0.5) is 10.1 Å². The number of fused-ring (bicyclic) bond motifs is 1. The third kappa shape index (κ3) is 2.39. The maximum Gasteiger partial charge on any atom is 0.338 e. The fourth-order valence-electron chi connectivity index (χ4n) is 3.80. The van der Waals surface area contributed by atoms with Gasteiger partial charge in [0.05, 0.1) is 5.56 Å². The number of aromatic carboxylic acids is 1. The van der Waals surface area contributed by atoms with Crippen LogP contribution in [0.15, 0.2) is 18.2 Å². The Bertz CT molecular complexity index is 515. The van der Waals surface area contributed by atoms with Gasteiger partial charge in [-0.15, -0.1) is 0 Å². The van der Waals surface area contributed by atoms with Crippen LogP contribution in [-0.4, -0.2) is 23.7 Å². The molecule has 2 aliphatic rings. The monoisotopic (exact) mass is 277 g/mol. The number of carbonyl (C=O) groups is 1. The van der Waals surface area contributed by atoms with E-state index in [9.17, 15) is 9.18 Å². The lowest BCUT2D eigenvalue weighted by molar-refractivity contribution is 0.0692. The normalized spacial score (nSPS) is 26.1. The van der Waals surface area contributed by atoms with Crippen LogP contribution in [0.2, 0.25) is 0 Å². The molecule has 1 N–H and O–H groups in total. The Morgan fingerprint density at radius 3 is 2.70 bits per heavy atom. The molecule has 4 heteroatoms. The minimum atomic E-state index is -1.21. The number of piperidine rings is 1. The van der Waals surface area contributed by atoms with Gasteiger partial charge in [-0.25, -0.2) is 9.18 Å². The molecule has 2 atom stereocenters. The molecule has 1 saturated carbocycles. The maximum absolute atomic E-state index is 13.9. The summed E-state index contributed by atoms with van der Waals surface area (Å²) in [5.41, 5.74) is 0.593. The molecule has 0 radical (unpaired) electrons. The highest BCUT2D eigenvalue weighted by atomic mass is 19.1. The summed E-state index contributed by atoms with van der Waals surface area (Å²) in [4.78, 5) is 13.2. The van der Waals surface area contributed by atoms with Gasteiger partial charge in [0, 0.05) is 18.3 Å². The van der Waals surface area contributed by atoms with Crippen LogP contribution in [0.5, 0.6) is 0 Å². The van der Waals surface area contributed by atoms with Crippen molar-refractivity contribution in [3.63, 3.8) is 0 Å². The molecule has 108 valence electrons. The number of rotatable bonds is 2. The summed E-state index contributed by atoms with van der Waals surface area (Å²) in [6.07, 6.45) is 7.42. The molecule has 2 fully saturated rings. The second-order valence-electron chi connectivity index (χ2n) is 5.92. The number of carboxylic acids is 1. The third-order valence-electron chi connectivity index (χ3n) is 4.76. The smallest absolute Gasteiger partial charge is 0.338 e. The summed E-state index contributed by atoms with van der Waals surface area (Å²) in [6, 6.07) is 5.04. The Balaban J connectivity index is 1.87. The minimum Gasteiger partial charge on any atom is -0.478 e. The number of halogens is 1. The lowest BCUT2D eigenvalue weighted by Gasteiger charge is -2.45. The quantitative estimate of drug-likeness (QED) is 0.896. The zero-order valence-electron chi connectivity index (χ0n) is 11.5. The molecule has 1 aliphatic heterocycles. The van der Waals surface area contributed by atoms with E-state index in [0.29, 0.717) is 6.04 Å². The van der Waals surface area contributed by atoms with Crippen LogP contribution in [0, 0.1) is 11.7 Å². The highest BCUT2D eigenvalue weighted by Crippen LogP contribution is 2.38. The third-order valence-corrected chi connectivity index (χ3v) is 4.76. The highest BCUT2D eigenvalue weighted by Gasteiger charge is 2.33. The first-order valence-electron chi connectivity index (χ1n) is 7.46. The predicted octanol–water partition coefficient (Wildman–Crippen LogP) is 3.68. The molecule has 3 rings (SSSR count). The van der Waals surface area contributed by atoms with E-state index in [2.05, 4.69) is 4.90 Å². The molecule has 0 bridgehead atoms. The molecule has 1 heterocycles. The summed E-state index contributed by atoms with van der Waals surface area (Å²) in [5, 5.41) is 8.90. The van der Waals surface area contributed by atoms with Crippen molar-refractivity contribution in [2.45, 2.75) is 44.6 Å². The van der Waals surface area contributed by atoms with E-state index < -0.39 is 11.8 Å². The fourth-order valence-corrected chi connectivity index (χ4v) is 3.80. The van der Waals surface area contributed by atoms with Gasteiger partial charge in [-0.05, 0) is 49.8 Å². The molecule has 20 heavy (non-hydrogen) atoms. The molecule has 3 nitrogen and oxygen atoms in total. The topological polar surface area (TPSA) is 40.5 Å². The maximum atomic E-state index is 13.9. The van der Waals surface area contributed by atoms with Crippen LogP contribution in [0.3, 0.4) is 0 Å². The molecule has 1 aromatic carbocycles. The molecule has 1 saturated heterocycles. The van der Waals surface area contributed by atoms with Gasteiger partial charge in [-0.1, -0.05) is 12.8 Å². The van der Waals surface area contributed by atoms with Crippen LogP contribution in [0.1, 0.15) is 48.9 Å². The number of carboxylic acid groups (broad SMARTS) is 1. The summed E-state index contributed by atoms with van der Waals surface area (Å²) >= 11 is 0. The van der Waals surface area contributed by atoms with Crippen LogP contribution in [0.25, 0.3) is 0 Å². The van der Waals surface area contributed by atoms with Crippen LogP contribution >= 0.6 is 0 Å². The van der Waals surface area contributed by atoms with Crippen LogP contribution in [-0.2, 0) is 0 Å². The molecule has 0 aromatic heterocycles. The molecular weight excluding hydrogens is 257 g/mol. The predicted molar refractivity (Wildman–Crippen MR) is 75.7 cm³/mol. The van der Waals surface area contributed by atoms with Crippen molar-refractivity contribution in [1.29, 1.82) is 0 Å². The van der Waals surface area contributed by atoms with Gasteiger partial charge in [0.2, 0.25) is 0 Å². The molecule has 0 amide bonds. The average Bonchev–Trinajstić information content (AvgIpc) is 2.46. The second kappa shape index (κ2) is 5.43. The number of nitrogens with zero attached hydrogens (tertiary/aromatic N) is 1. The Morgan fingerprint density at radius 2 is 1.95 bits per heavy atom. The molecule has 2 unspecified atom stereocenters. The molecule has 1 aromatic rings. The fraction of sp³-hybridized carbons (Fsp3) is 0.562. The van der Waals surface area contributed by atoms with E-state index >= 15 is 0 Å². The zero-order chi connectivity index (χ0) is 14.1. The van der Waals surface area contributed by atoms with E-state index in [4.69, 9.17) is 5.11 Å². The Hall–Kier alpha value is -1.58. The van der Waals surface area contributed by atoms with Gasteiger partial charge in [-0.3, -0.25) is 0 Å². The van der Waals surface area contributed by atoms with Gasteiger partial charge in [0.15, 0.2) is 0 Å². The van der Waals surface area contributed by atoms with E-state index in [0.717, 1.165) is 24.6 Å². The first-order valence-corrected chi connectivity index (χ1v) is 7.46. The van der Waals surface area contributed by atoms with Gasteiger partial charge < -0.3 is 10.0 Å². The summed E-state index contributed by atoms with van der Waals surface area (Å²) in [5.74, 6) is -1.11. The summed E-state index contributed by atoms with van der Waals surface area (Å²) in [7, 11) is 0. The molecule has 0 spiro atoms. The van der Waals surface area contributed by atoms with Gasteiger partial charge in [-0.2, -0.15) is 0 Å². The second-order valence-corrected chi connectivity index (χ2v) is 5.92. The average molecular weight is 277 g/mol. The van der Waals surface area contributed by atoms with Crippen molar-refractivity contribution >= 4 is 11.7 Å². The Labute approximate surface area is 118 Å². The summed E-state index contributed by atoms with van der Waals surface area (Å²) < 4.78 is 13.9. The minimum absolute atomic E-state index is 0.244. The lowest BCUT2D eigenvalue weighted by Crippen LogP contribution is -2.46. The largest absolute Gasteiger partial charge is 0.478 e. The van der Waals surface area contributed by atoms with Crippen molar-refractivity contribution in [3.05, 3.63) is 29.6 Å². The highest BCUT2D eigenvalue weighted by molar-refractivity contribution is 5.88. The molecule has 1 aliphatic carbocycles. The SMILES string of the molecule is O=C(O)c1ccc(N2CCCC3CCCCC32)cc1F. The van der Waals surface area contributed by atoms with Gasteiger partial charge >= 0.3 is 5.97 Å². The standard InChI is InChI=1S/C16H20FNO2/c17-14-10-12(7-8-13(14)16(19)20)18-9-3-5-11-4-1-2-6-15(11)18/h7-8,10-11,15H,1-6,9H2,(H,19,20). The Morgan fingerprint density at radius 1 is 1.20 bits per heavy atom. The number of hydrogen-bond donors (Lipinski definition) is 1. The first kappa shape index (κ1) is 13.4. The summed E-state index contributed by atoms with van der Waals surface area (Å²) in [6.45, 7) is 0.951. The number of hydrogen-bond acceptors (Lipinski definition) is 2. The number of benzene rings is 1. The van der Waals surface area contributed by atoms with E-state index in [1.54, 1.807) is 6.07 Å². The van der Waals surface area contributed by atoms with E-state index in [1.807, 2.05) is 0 Å². The zero-order valence-corrected chi connectivity index (χ0v) is 11.5. The van der Waals surface area contributed by atoms with Crippen molar-refractivity contribution in [1.82, 2.24) is 0 Å². The van der Waals surface area contributed by atoms with Crippen molar-refractivity contribution in [2.24, 2.45) is 5.92 Å². The van der Waals surface area contributed by atoms with E-state index in [1.165, 1.54) is 44.2 Å². The Kier molecular flexibility index (Phi) is 3.64. The van der Waals surface area contributed by atoms with Gasteiger partial charge in [0.1, 0.15) is 5.82 Å². The van der Waals surface area contributed by atoms with Crippen molar-refractivity contribution in [2.75, 3.05) is 11.4 Å².